The SMILES string of the molecule is COc1ccc(F)cc1CNCCC1CNCCO1. The Bertz CT molecular complexity index is 395. The lowest BCUT2D eigenvalue weighted by Crippen LogP contribution is -2.39. The summed E-state index contributed by atoms with van der Waals surface area (Å²) in [4.78, 5) is 0. The molecular weight excluding hydrogens is 247 g/mol. The predicted molar refractivity (Wildman–Crippen MR) is 71.9 cm³/mol. The van der Waals surface area contributed by atoms with E-state index in [9.17, 15) is 4.39 Å². The Morgan fingerprint density at radius 2 is 2.42 bits per heavy atom. The first kappa shape index (κ1) is 14.2. The van der Waals surface area contributed by atoms with Crippen LogP contribution in [0.3, 0.4) is 0 Å². The third-order valence-corrected chi connectivity index (χ3v) is 3.21. The van der Waals surface area contributed by atoms with Gasteiger partial charge in [0.25, 0.3) is 0 Å². The molecule has 1 fully saturated rings. The van der Waals surface area contributed by atoms with Gasteiger partial charge in [-0.25, -0.2) is 4.39 Å². The number of ether oxygens (including phenoxy) is 2. The Kier molecular flexibility index (Phi) is 5.57. The second kappa shape index (κ2) is 7.43. The third-order valence-electron chi connectivity index (χ3n) is 3.21. The van der Waals surface area contributed by atoms with E-state index in [1.54, 1.807) is 13.2 Å². The van der Waals surface area contributed by atoms with Gasteiger partial charge in [0.1, 0.15) is 11.6 Å². The van der Waals surface area contributed by atoms with E-state index in [1.807, 2.05) is 0 Å². The zero-order valence-corrected chi connectivity index (χ0v) is 11.2. The van der Waals surface area contributed by atoms with Gasteiger partial charge in [0.15, 0.2) is 0 Å². The van der Waals surface area contributed by atoms with Gasteiger partial charge < -0.3 is 20.1 Å². The molecule has 1 heterocycles. The number of methoxy groups -OCH3 is 1. The molecule has 4 nitrogen and oxygen atoms in total. The van der Waals surface area contributed by atoms with Crippen molar-refractivity contribution >= 4 is 0 Å². The van der Waals surface area contributed by atoms with Gasteiger partial charge in [0, 0.05) is 25.2 Å². The van der Waals surface area contributed by atoms with Crippen molar-refractivity contribution in [2.75, 3.05) is 33.4 Å². The van der Waals surface area contributed by atoms with Crippen LogP contribution in [0.2, 0.25) is 0 Å². The van der Waals surface area contributed by atoms with Crippen LogP contribution < -0.4 is 15.4 Å². The van der Waals surface area contributed by atoms with E-state index in [-0.39, 0.29) is 11.9 Å². The highest BCUT2D eigenvalue weighted by Gasteiger charge is 2.12. The normalized spacial score (nSPS) is 19.4. The van der Waals surface area contributed by atoms with Crippen LogP contribution in [0.15, 0.2) is 18.2 Å². The molecule has 0 saturated carbocycles. The maximum Gasteiger partial charge on any atom is 0.123 e. The van der Waals surface area contributed by atoms with E-state index in [0.717, 1.165) is 38.2 Å². The maximum atomic E-state index is 13.2. The molecule has 5 heteroatoms. The molecular formula is C14H21FN2O2. The molecule has 1 unspecified atom stereocenters. The van der Waals surface area contributed by atoms with Gasteiger partial charge >= 0.3 is 0 Å². The molecule has 2 rings (SSSR count). The van der Waals surface area contributed by atoms with Gasteiger partial charge in [-0.1, -0.05) is 0 Å². The molecule has 0 radical (unpaired) electrons. The maximum absolute atomic E-state index is 13.2. The second-order valence-corrected chi connectivity index (χ2v) is 4.62. The fourth-order valence-electron chi connectivity index (χ4n) is 2.18. The smallest absolute Gasteiger partial charge is 0.123 e. The lowest BCUT2D eigenvalue weighted by atomic mass is 10.2. The van der Waals surface area contributed by atoms with E-state index in [2.05, 4.69) is 10.6 Å². The average molecular weight is 268 g/mol. The molecule has 19 heavy (non-hydrogen) atoms. The van der Waals surface area contributed by atoms with Crippen molar-refractivity contribution in [3.8, 4) is 5.75 Å². The van der Waals surface area contributed by atoms with Crippen LogP contribution in [0.1, 0.15) is 12.0 Å². The topological polar surface area (TPSA) is 42.5 Å². The summed E-state index contributed by atoms with van der Waals surface area (Å²) in [5.41, 5.74) is 0.838. The molecule has 1 aliphatic rings. The van der Waals surface area contributed by atoms with Crippen LogP contribution in [-0.2, 0) is 11.3 Å². The zero-order valence-electron chi connectivity index (χ0n) is 11.2. The average Bonchev–Trinajstić information content (AvgIpc) is 2.45. The molecule has 106 valence electrons. The molecule has 1 saturated heterocycles. The predicted octanol–water partition coefficient (Wildman–Crippen LogP) is 1.30. The highest BCUT2D eigenvalue weighted by molar-refractivity contribution is 5.33. The lowest BCUT2D eigenvalue weighted by Gasteiger charge is -2.23. The van der Waals surface area contributed by atoms with Gasteiger partial charge in [-0.05, 0) is 31.2 Å². The standard InChI is InChI=1S/C14H21FN2O2/c1-18-14-3-2-12(15)8-11(14)9-16-5-4-13-10-17-6-7-19-13/h2-3,8,13,16-17H,4-7,9-10H2,1H3. The molecule has 1 aliphatic heterocycles. The van der Waals surface area contributed by atoms with Gasteiger partial charge in [-0.3, -0.25) is 0 Å². The first-order valence-corrected chi connectivity index (χ1v) is 6.65. The minimum Gasteiger partial charge on any atom is -0.496 e. The quantitative estimate of drug-likeness (QED) is 0.763. The van der Waals surface area contributed by atoms with E-state index in [1.165, 1.54) is 12.1 Å². The van der Waals surface area contributed by atoms with Gasteiger partial charge in [0.05, 0.1) is 19.8 Å². The van der Waals surface area contributed by atoms with E-state index in [0.29, 0.717) is 12.3 Å². The van der Waals surface area contributed by atoms with Gasteiger partial charge in [0.2, 0.25) is 0 Å². The number of hydrogen-bond acceptors (Lipinski definition) is 4. The molecule has 1 atom stereocenters. The van der Waals surface area contributed by atoms with Crippen molar-refractivity contribution < 1.29 is 13.9 Å². The molecule has 1 aromatic rings. The van der Waals surface area contributed by atoms with Crippen molar-refractivity contribution in [3.05, 3.63) is 29.6 Å². The number of benzene rings is 1. The van der Waals surface area contributed by atoms with Crippen molar-refractivity contribution in [3.63, 3.8) is 0 Å². The molecule has 1 aromatic carbocycles. The summed E-state index contributed by atoms with van der Waals surface area (Å²) >= 11 is 0. The Hall–Kier alpha value is -1.17. The Morgan fingerprint density at radius 3 is 3.16 bits per heavy atom. The fourth-order valence-corrected chi connectivity index (χ4v) is 2.18. The summed E-state index contributed by atoms with van der Waals surface area (Å²) in [5, 5.41) is 6.59. The largest absolute Gasteiger partial charge is 0.496 e. The van der Waals surface area contributed by atoms with Gasteiger partial charge in [-0.2, -0.15) is 0 Å². The van der Waals surface area contributed by atoms with Crippen molar-refractivity contribution in [2.45, 2.75) is 19.1 Å². The summed E-state index contributed by atoms with van der Waals surface area (Å²) in [6.07, 6.45) is 1.22. The number of rotatable bonds is 6. The van der Waals surface area contributed by atoms with Crippen LogP contribution in [-0.4, -0.2) is 39.5 Å². The van der Waals surface area contributed by atoms with E-state index >= 15 is 0 Å². The molecule has 0 aliphatic carbocycles. The van der Waals surface area contributed by atoms with Crippen molar-refractivity contribution in [2.24, 2.45) is 0 Å². The number of halogens is 1. The minimum atomic E-state index is -0.239. The summed E-state index contributed by atoms with van der Waals surface area (Å²) in [7, 11) is 1.60. The Labute approximate surface area is 113 Å². The van der Waals surface area contributed by atoms with Crippen LogP contribution >= 0.6 is 0 Å². The second-order valence-electron chi connectivity index (χ2n) is 4.62. The van der Waals surface area contributed by atoms with Crippen molar-refractivity contribution in [1.82, 2.24) is 10.6 Å². The number of morpholine rings is 1. The third kappa shape index (κ3) is 4.45. The van der Waals surface area contributed by atoms with Crippen LogP contribution in [0.25, 0.3) is 0 Å². The summed E-state index contributed by atoms with van der Waals surface area (Å²) in [6, 6.07) is 4.56. The van der Waals surface area contributed by atoms with Crippen molar-refractivity contribution in [1.29, 1.82) is 0 Å². The highest BCUT2D eigenvalue weighted by atomic mass is 19.1. The van der Waals surface area contributed by atoms with Crippen LogP contribution in [0.4, 0.5) is 4.39 Å². The fraction of sp³-hybridized carbons (Fsp3) is 0.571. The van der Waals surface area contributed by atoms with E-state index in [4.69, 9.17) is 9.47 Å². The number of nitrogens with one attached hydrogen (secondary N) is 2. The number of hydrogen-bond donors (Lipinski definition) is 2. The van der Waals surface area contributed by atoms with Gasteiger partial charge in [-0.15, -0.1) is 0 Å². The summed E-state index contributed by atoms with van der Waals surface area (Å²) < 4.78 is 24.0. The van der Waals surface area contributed by atoms with Crippen LogP contribution in [0, 0.1) is 5.82 Å². The molecule has 0 amide bonds. The highest BCUT2D eigenvalue weighted by Crippen LogP contribution is 2.18. The first-order chi connectivity index (χ1) is 9.29. The zero-order chi connectivity index (χ0) is 13.5. The molecule has 2 N–H and O–H groups in total. The summed E-state index contributed by atoms with van der Waals surface area (Å²) in [6.45, 7) is 4.06. The monoisotopic (exact) mass is 268 g/mol. The molecule has 0 bridgehead atoms. The molecule has 0 spiro atoms. The summed E-state index contributed by atoms with van der Waals surface area (Å²) in [5.74, 6) is 0.474. The van der Waals surface area contributed by atoms with E-state index < -0.39 is 0 Å². The van der Waals surface area contributed by atoms with Crippen LogP contribution in [0.5, 0.6) is 5.75 Å². The lowest BCUT2D eigenvalue weighted by molar-refractivity contribution is 0.0238. The minimum absolute atomic E-state index is 0.239. The molecule has 0 aromatic heterocycles. The first-order valence-electron chi connectivity index (χ1n) is 6.65. The Morgan fingerprint density at radius 1 is 1.53 bits per heavy atom. The Balaban J connectivity index is 1.74.